The second-order valence-corrected chi connectivity index (χ2v) is 6.16. The summed E-state index contributed by atoms with van der Waals surface area (Å²) in [6.07, 6.45) is 4.79. The van der Waals surface area contributed by atoms with E-state index in [0.717, 1.165) is 34.2 Å². The van der Waals surface area contributed by atoms with Crippen LogP contribution in [0.3, 0.4) is 0 Å². The summed E-state index contributed by atoms with van der Waals surface area (Å²) in [7, 11) is 0. The fourth-order valence-electron chi connectivity index (χ4n) is 2.35. The zero-order valence-electron chi connectivity index (χ0n) is 11.9. The molecule has 1 saturated heterocycles. The minimum Gasteiger partial charge on any atom is -0.379 e. The number of ether oxygens (including phenoxy) is 2. The van der Waals surface area contributed by atoms with E-state index in [2.05, 4.69) is 38.1 Å². The third kappa shape index (κ3) is 3.70. The number of halogens is 1. The lowest BCUT2D eigenvalue weighted by Crippen LogP contribution is -2.26. The van der Waals surface area contributed by atoms with E-state index in [-0.39, 0.29) is 12.1 Å². The SMILES string of the molecule is CC(COC1CCOC1)Nc1ccnc2cc(Br)cnc12. The fourth-order valence-corrected chi connectivity index (χ4v) is 2.67. The largest absolute Gasteiger partial charge is 0.379 e. The maximum Gasteiger partial charge on any atom is 0.112 e. The van der Waals surface area contributed by atoms with Crippen LogP contribution in [0.4, 0.5) is 5.69 Å². The monoisotopic (exact) mass is 351 g/mol. The lowest BCUT2D eigenvalue weighted by Gasteiger charge is -2.18. The number of nitrogens with one attached hydrogen (secondary N) is 1. The number of hydrogen-bond donors (Lipinski definition) is 1. The van der Waals surface area contributed by atoms with Crippen LogP contribution in [0.5, 0.6) is 0 Å². The van der Waals surface area contributed by atoms with Gasteiger partial charge in [-0.05, 0) is 41.4 Å². The Kier molecular flexibility index (Phi) is 4.67. The Morgan fingerprint density at radius 3 is 3.24 bits per heavy atom. The number of aromatic nitrogens is 2. The van der Waals surface area contributed by atoms with Crippen LogP contribution in [0, 0.1) is 0 Å². The van der Waals surface area contributed by atoms with Gasteiger partial charge >= 0.3 is 0 Å². The predicted molar refractivity (Wildman–Crippen MR) is 85.5 cm³/mol. The van der Waals surface area contributed by atoms with Crippen LogP contribution < -0.4 is 5.32 Å². The molecule has 2 aromatic heterocycles. The highest BCUT2D eigenvalue weighted by molar-refractivity contribution is 9.10. The summed E-state index contributed by atoms with van der Waals surface area (Å²) in [6.45, 7) is 4.26. The van der Waals surface area contributed by atoms with Gasteiger partial charge < -0.3 is 14.8 Å². The summed E-state index contributed by atoms with van der Waals surface area (Å²) in [5.74, 6) is 0. The number of rotatable bonds is 5. The second-order valence-electron chi connectivity index (χ2n) is 5.24. The molecule has 0 amide bonds. The standard InChI is InChI=1S/C15H18BrN3O2/c1-10(8-21-12-3-5-20-9-12)19-13-2-4-17-14-6-11(16)7-18-15(13)14/h2,4,6-7,10,12H,3,5,8-9H2,1H3,(H,17,19). The van der Waals surface area contributed by atoms with Crippen molar-refractivity contribution < 1.29 is 9.47 Å². The van der Waals surface area contributed by atoms with Crippen molar-refractivity contribution in [3.8, 4) is 0 Å². The number of anilines is 1. The van der Waals surface area contributed by atoms with E-state index in [1.807, 2.05) is 12.1 Å². The van der Waals surface area contributed by atoms with E-state index >= 15 is 0 Å². The van der Waals surface area contributed by atoms with E-state index in [1.54, 1.807) is 12.4 Å². The van der Waals surface area contributed by atoms with Gasteiger partial charge in [-0.1, -0.05) is 0 Å². The van der Waals surface area contributed by atoms with Gasteiger partial charge in [0.2, 0.25) is 0 Å². The van der Waals surface area contributed by atoms with Crippen molar-refractivity contribution in [1.82, 2.24) is 9.97 Å². The van der Waals surface area contributed by atoms with Crippen molar-refractivity contribution in [2.24, 2.45) is 0 Å². The van der Waals surface area contributed by atoms with Gasteiger partial charge in [-0.15, -0.1) is 0 Å². The van der Waals surface area contributed by atoms with Crippen molar-refractivity contribution in [3.63, 3.8) is 0 Å². The van der Waals surface area contributed by atoms with Crippen molar-refractivity contribution in [1.29, 1.82) is 0 Å². The maximum atomic E-state index is 5.84. The number of pyridine rings is 2. The molecule has 2 aromatic rings. The van der Waals surface area contributed by atoms with Crippen molar-refractivity contribution >= 4 is 32.7 Å². The molecule has 21 heavy (non-hydrogen) atoms. The van der Waals surface area contributed by atoms with E-state index in [0.29, 0.717) is 13.2 Å². The molecule has 112 valence electrons. The summed E-state index contributed by atoms with van der Waals surface area (Å²) in [6, 6.07) is 4.10. The molecule has 2 atom stereocenters. The fraction of sp³-hybridized carbons (Fsp3) is 0.467. The Morgan fingerprint density at radius 2 is 2.43 bits per heavy atom. The van der Waals surface area contributed by atoms with Gasteiger partial charge in [0.15, 0.2) is 0 Å². The third-order valence-corrected chi connectivity index (χ3v) is 3.85. The second kappa shape index (κ2) is 6.68. The van der Waals surface area contributed by atoms with Crippen LogP contribution in [-0.4, -0.2) is 41.9 Å². The minimum atomic E-state index is 0.196. The molecule has 2 unspecified atom stereocenters. The first-order valence-corrected chi connectivity index (χ1v) is 7.88. The predicted octanol–water partition coefficient (Wildman–Crippen LogP) is 3.00. The molecule has 5 nitrogen and oxygen atoms in total. The highest BCUT2D eigenvalue weighted by atomic mass is 79.9. The van der Waals surface area contributed by atoms with Crippen molar-refractivity contribution in [2.75, 3.05) is 25.1 Å². The molecule has 3 rings (SSSR count). The van der Waals surface area contributed by atoms with Crippen LogP contribution in [-0.2, 0) is 9.47 Å². The Labute approximate surface area is 132 Å². The molecular formula is C15H18BrN3O2. The lowest BCUT2D eigenvalue weighted by atomic mass is 10.2. The topological polar surface area (TPSA) is 56.3 Å². The van der Waals surface area contributed by atoms with Gasteiger partial charge in [-0.3, -0.25) is 9.97 Å². The highest BCUT2D eigenvalue weighted by Gasteiger charge is 2.17. The molecule has 1 aliphatic heterocycles. The van der Waals surface area contributed by atoms with E-state index in [4.69, 9.17) is 9.47 Å². The smallest absolute Gasteiger partial charge is 0.112 e. The molecule has 0 bridgehead atoms. The Balaban J connectivity index is 1.66. The van der Waals surface area contributed by atoms with Crippen LogP contribution in [0.2, 0.25) is 0 Å². The Morgan fingerprint density at radius 1 is 1.52 bits per heavy atom. The zero-order valence-corrected chi connectivity index (χ0v) is 13.5. The summed E-state index contributed by atoms with van der Waals surface area (Å²) < 4.78 is 12.1. The number of fused-ring (bicyclic) bond motifs is 1. The van der Waals surface area contributed by atoms with Crippen LogP contribution in [0.15, 0.2) is 29.0 Å². The summed E-state index contributed by atoms with van der Waals surface area (Å²) in [5, 5.41) is 3.44. The molecule has 0 spiro atoms. The molecule has 1 aliphatic rings. The number of nitrogens with zero attached hydrogens (tertiary/aromatic N) is 2. The number of hydrogen-bond acceptors (Lipinski definition) is 5. The average Bonchev–Trinajstić information content (AvgIpc) is 2.98. The minimum absolute atomic E-state index is 0.196. The van der Waals surface area contributed by atoms with E-state index < -0.39 is 0 Å². The van der Waals surface area contributed by atoms with Crippen LogP contribution >= 0.6 is 15.9 Å². The van der Waals surface area contributed by atoms with Gasteiger partial charge in [-0.2, -0.15) is 0 Å². The first-order valence-electron chi connectivity index (χ1n) is 7.08. The molecule has 1 N–H and O–H groups in total. The van der Waals surface area contributed by atoms with E-state index in [9.17, 15) is 0 Å². The molecule has 0 saturated carbocycles. The van der Waals surface area contributed by atoms with Crippen molar-refractivity contribution in [2.45, 2.75) is 25.5 Å². The summed E-state index contributed by atoms with van der Waals surface area (Å²) in [5.41, 5.74) is 2.72. The average molecular weight is 352 g/mol. The molecule has 0 aliphatic carbocycles. The lowest BCUT2D eigenvalue weighted by molar-refractivity contribution is 0.0395. The molecular weight excluding hydrogens is 334 g/mol. The molecule has 0 radical (unpaired) electrons. The quantitative estimate of drug-likeness (QED) is 0.897. The van der Waals surface area contributed by atoms with Gasteiger partial charge in [-0.25, -0.2) is 0 Å². The zero-order chi connectivity index (χ0) is 14.7. The van der Waals surface area contributed by atoms with Gasteiger partial charge in [0.1, 0.15) is 5.52 Å². The molecule has 3 heterocycles. The maximum absolute atomic E-state index is 5.84. The Hall–Kier alpha value is -1.24. The molecule has 6 heteroatoms. The summed E-state index contributed by atoms with van der Waals surface area (Å²) in [4.78, 5) is 8.78. The van der Waals surface area contributed by atoms with E-state index in [1.165, 1.54) is 0 Å². The first-order chi connectivity index (χ1) is 10.2. The van der Waals surface area contributed by atoms with Crippen molar-refractivity contribution in [3.05, 3.63) is 29.0 Å². The summed E-state index contributed by atoms with van der Waals surface area (Å²) >= 11 is 3.42. The molecule has 1 fully saturated rings. The molecule has 0 aromatic carbocycles. The van der Waals surface area contributed by atoms with Gasteiger partial charge in [0.05, 0.1) is 30.5 Å². The van der Waals surface area contributed by atoms with Gasteiger partial charge in [0, 0.05) is 29.5 Å². The normalized spacial score (nSPS) is 19.8. The third-order valence-electron chi connectivity index (χ3n) is 3.42. The van der Waals surface area contributed by atoms with Crippen LogP contribution in [0.25, 0.3) is 11.0 Å². The van der Waals surface area contributed by atoms with Crippen LogP contribution in [0.1, 0.15) is 13.3 Å². The highest BCUT2D eigenvalue weighted by Crippen LogP contribution is 2.22. The van der Waals surface area contributed by atoms with Gasteiger partial charge in [0.25, 0.3) is 0 Å². The first kappa shape index (κ1) is 14.7. The Bertz CT molecular complexity index is 617.